The molecule has 40 heavy (non-hydrogen) atoms. The molecule has 1 amide bonds. The smallest absolute Gasteiger partial charge is 0.255 e. The first-order valence-electron chi connectivity index (χ1n) is 13.9. The standard InChI is InChI=1S/C32H37N3O5/c1-20-4-10-26(29(38)28(20)31-15-17-35(3)21(2)32(31,40)14-12-25(36)18-31)30(39)33-16-13-22-5-7-23(8-6-22)24-9-11-27(37)34-19-24/h4-11,19,21,38,40H,12-18H2,1-3H3,(H,33,39)(H,34,37)/t21?,31?,32-/m1/s1. The average molecular weight is 544 g/mol. The van der Waals surface area contributed by atoms with Gasteiger partial charge in [0, 0.05) is 48.7 Å². The van der Waals surface area contributed by atoms with Crippen LogP contribution in [0.5, 0.6) is 5.75 Å². The van der Waals surface area contributed by atoms with Crippen molar-refractivity contribution in [2.75, 3.05) is 20.1 Å². The molecule has 0 spiro atoms. The maximum absolute atomic E-state index is 13.2. The Morgan fingerprint density at radius 1 is 1.07 bits per heavy atom. The number of hydrogen-bond acceptors (Lipinski definition) is 6. The zero-order valence-electron chi connectivity index (χ0n) is 23.3. The molecule has 1 aromatic heterocycles. The van der Waals surface area contributed by atoms with Gasteiger partial charge < -0.3 is 25.4 Å². The predicted octanol–water partition coefficient (Wildman–Crippen LogP) is 3.47. The van der Waals surface area contributed by atoms with Crippen LogP contribution in [-0.2, 0) is 16.6 Å². The molecule has 1 aliphatic carbocycles. The molecule has 2 fully saturated rings. The highest BCUT2D eigenvalue weighted by atomic mass is 16.3. The third-order valence-corrected chi connectivity index (χ3v) is 9.24. The highest BCUT2D eigenvalue weighted by Crippen LogP contribution is 2.56. The number of pyridine rings is 1. The van der Waals surface area contributed by atoms with E-state index in [4.69, 9.17) is 0 Å². The van der Waals surface area contributed by atoms with Crippen LogP contribution in [0.4, 0.5) is 0 Å². The second-order valence-electron chi connectivity index (χ2n) is 11.4. The van der Waals surface area contributed by atoms with Gasteiger partial charge in [-0.25, -0.2) is 0 Å². The second kappa shape index (κ2) is 10.7. The molecule has 1 aliphatic heterocycles. The number of aliphatic hydroxyl groups is 1. The van der Waals surface area contributed by atoms with Gasteiger partial charge in [-0.3, -0.25) is 14.4 Å². The summed E-state index contributed by atoms with van der Waals surface area (Å²) in [7, 11) is 1.97. The van der Waals surface area contributed by atoms with E-state index in [1.54, 1.807) is 24.4 Å². The van der Waals surface area contributed by atoms with Crippen molar-refractivity contribution >= 4 is 11.7 Å². The Kier molecular flexibility index (Phi) is 7.42. The van der Waals surface area contributed by atoms with Crippen LogP contribution < -0.4 is 10.9 Å². The van der Waals surface area contributed by atoms with Crippen LogP contribution in [0.3, 0.4) is 0 Å². The number of phenolic OH excluding ortho intramolecular Hbond substituents is 1. The first-order valence-corrected chi connectivity index (χ1v) is 13.9. The van der Waals surface area contributed by atoms with Gasteiger partial charge in [0.2, 0.25) is 5.56 Å². The van der Waals surface area contributed by atoms with Gasteiger partial charge in [-0.2, -0.15) is 0 Å². The van der Waals surface area contributed by atoms with Crippen molar-refractivity contribution in [2.24, 2.45) is 0 Å². The lowest BCUT2D eigenvalue weighted by molar-refractivity contribution is -0.161. The predicted molar refractivity (Wildman–Crippen MR) is 154 cm³/mol. The zero-order chi connectivity index (χ0) is 28.7. The van der Waals surface area contributed by atoms with E-state index in [2.05, 4.69) is 15.2 Å². The highest BCUT2D eigenvalue weighted by molar-refractivity contribution is 5.97. The van der Waals surface area contributed by atoms with E-state index in [1.807, 2.05) is 45.2 Å². The molecular formula is C32H37N3O5. The van der Waals surface area contributed by atoms with Crippen LogP contribution in [-0.4, -0.2) is 63.6 Å². The van der Waals surface area contributed by atoms with Crippen molar-refractivity contribution in [3.8, 4) is 16.9 Å². The minimum absolute atomic E-state index is 0.0710. The Hall–Kier alpha value is -3.75. The molecule has 5 rings (SSSR count). The van der Waals surface area contributed by atoms with E-state index >= 15 is 0 Å². The lowest BCUT2D eigenvalue weighted by Crippen LogP contribution is -2.69. The van der Waals surface area contributed by atoms with Crippen molar-refractivity contribution in [1.82, 2.24) is 15.2 Å². The summed E-state index contributed by atoms with van der Waals surface area (Å²) in [5.41, 5.74) is 2.06. The van der Waals surface area contributed by atoms with Crippen LogP contribution in [0.2, 0.25) is 0 Å². The molecule has 8 nitrogen and oxygen atoms in total. The minimum Gasteiger partial charge on any atom is -0.507 e. The number of aryl methyl sites for hydroxylation is 1. The Labute approximate surface area is 234 Å². The molecule has 2 aliphatic rings. The summed E-state index contributed by atoms with van der Waals surface area (Å²) >= 11 is 0. The zero-order valence-corrected chi connectivity index (χ0v) is 23.3. The van der Waals surface area contributed by atoms with Crippen LogP contribution in [0.25, 0.3) is 11.1 Å². The third-order valence-electron chi connectivity index (χ3n) is 9.24. The number of amides is 1. The van der Waals surface area contributed by atoms with E-state index in [-0.39, 0.29) is 35.1 Å². The first-order chi connectivity index (χ1) is 19.1. The highest BCUT2D eigenvalue weighted by Gasteiger charge is 2.61. The van der Waals surface area contributed by atoms with Gasteiger partial charge in [-0.1, -0.05) is 30.3 Å². The number of H-pyrrole nitrogens is 1. The molecule has 210 valence electrons. The van der Waals surface area contributed by atoms with Gasteiger partial charge in [0.05, 0.1) is 11.2 Å². The lowest BCUT2D eigenvalue weighted by Gasteiger charge is -2.59. The van der Waals surface area contributed by atoms with E-state index in [0.29, 0.717) is 44.3 Å². The van der Waals surface area contributed by atoms with Crippen LogP contribution in [0.15, 0.2) is 59.5 Å². The normalized spacial score (nSPS) is 24.9. The number of aromatic amines is 1. The largest absolute Gasteiger partial charge is 0.507 e. The molecular weight excluding hydrogens is 506 g/mol. The van der Waals surface area contributed by atoms with E-state index in [9.17, 15) is 24.6 Å². The summed E-state index contributed by atoms with van der Waals surface area (Å²) in [6.45, 7) is 4.88. The van der Waals surface area contributed by atoms with Crippen molar-refractivity contribution in [2.45, 2.75) is 63.0 Å². The molecule has 3 aromatic rings. The number of hydrogen-bond donors (Lipinski definition) is 4. The molecule has 2 unspecified atom stereocenters. The SMILES string of the molecule is Cc1ccc(C(=O)NCCc2ccc(-c3ccc(=O)[nH]c3)cc2)c(O)c1C12CCN(C)C(C)[C@]1(O)CCC(=O)C2. The summed E-state index contributed by atoms with van der Waals surface area (Å²) in [5.74, 6) is -0.471. The summed E-state index contributed by atoms with van der Waals surface area (Å²) in [5, 5.41) is 26.5. The first kappa shape index (κ1) is 27.8. The molecule has 1 saturated carbocycles. The maximum Gasteiger partial charge on any atom is 0.255 e. The number of likely N-dealkylation sites (N-methyl/N-ethyl adjacent to an activating group) is 1. The topological polar surface area (TPSA) is 123 Å². The number of nitrogens with zero attached hydrogens (tertiary/aromatic N) is 1. The molecule has 4 N–H and O–H groups in total. The molecule has 0 bridgehead atoms. The van der Waals surface area contributed by atoms with Crippen molar-refractivity contribution in [1.29, 1.82) is 0 Å². The summed E-state index contributed by atoms with van der Waals surface area (Å²) < 4.78 is 0. The lowest BCUT2D eigenvalue weighted by atomic mass is 9.53. The summed E-state index contributed by atoms with van der Waals surface area (Å²) in [4.78, 5) is 42.1. The number of ketones is 1. The van der Waals surface area contributed by atoms with Crippen LogP contribution in [0, 0.1) is 6.92 Å². The number of carbonyl (C=O) groups is 2. The fourth-order valence-electron chi connectivity index (χ4n) is 6.77. The van der Waals surface area contributed by atoms with Gasteiger partial charge in [0.25, 0.3) is 5.91 Å². The van der Waals surface area contributed by atoms with E-state index in [0.717, 1.165) is 22.3 Å². The van der Waals surface area contributed by atoms with Crippen LogP contribution in [0.1, 0.15) is 59.7 Å². The fraction of sp³-hybridized carbons (Fsp3) is 0.406. The summed E-state index contributed by atoms with van der Waals surface area (Å²) in [6, 6.07) is 14.4. The maximum atomic E-state index is 13.2. The monoisotopic (exact) mass is 543 g/mol. The van der Waals surface area contributed by atoms with Gasteiger partial charge >= 0.3 is 0 Å². The summed E-state index contributed by atoms with van der Waals surface area (Å²) in [6.07, 6.45) is 3.58. The fourth-order valence-corrected chi connectivity index (χ4v) is 6.77. The van der Waals surface area contributed by atoms with Gasteiger partial charge in [-0.05, 0) is 81.1 Å². The van der Waals surface area contributed by atoms with Crippen molar-refractivity contribution in [3.63, 3.8) is 0 Å². The Morgan fingerprint density at radius 3 is 2.50 bits per heavy atom. The van der Waals surface area contributed by atoms with Crippen molar-refractivity contribution in [3.05, 3.63) is 87.3 Å². The Bertz CT molecular complexity index is 1480. The molecule has 3 atom stereocenters. The number of rotatable bonds is 6. The number of carbonyl (C=O) groups excluding carboxylic acids is 2. The van der Waals surface area contributed by atoms with E-state index < -0.39 is 16.9 Å². The van der Waals surface area contributed by atoms with Gasteiger partial charge in [0.15, 0.2) is 0 Å². The number of phenols is 1. The third kappa shape index (κ3) is 4.75. The number of aromatic nitrogens is 1. The second-order valence-corrected chi connectivity index (χ2v) is 11.4. The Balaban J connectivity index is 1.34. The quantitative estimate of drug-likeness (QED) is 0.378. The molecule has 1 saturated heterocycles. The molecule has 0 radical (unpaired) electrons. The molecule has 8 heteroatoms. The number of benzene rings is 2. The number of fused-ring (bicyclic) bond motifs is 1. The number of nitrogens with one attached hydrogen (secondary N) is 2. The number of likely N-dealkylation sites (tertiary alicyclic amines) is 1. The van der Waals surface area contributed by atoms with E-state index in [1.165, 1.54) is 6.07 Å². The van der Waals surface area contributed by atoms with Gasteiger partial charge in [-0.15, -0.1) is 0 Å². The number of piperidine rings is 1. The number of aromatic hydroxyl groups is 1. The van der Waals surface area contributed by atoms with Gasteiger partial charge in [0.1, 0.15) is 11.5 Å². The number of Topliss-reactive ketones (excluding diaryl/α,β-unsaturated/α-hetero) is 1. The minimum atomic E-state index is -1.20. The molecule has 2 heterocycles. The van der Waals surface area contributed by atoms with Crippen LogP contribution >= 0.6 is 0 Å². The van der Waals surface area contributed by atoms with Crippen molar-refractivity contribution < 1.29 is 19.8 Å². The average Bonchev–Trinajstić information content (AvgIpc) is 2.93. The Morgan fingerprint density at radius 2 is 1.80 bits per heavy atom. The molecule has 2 aromatic carbocycles.